The van der Waals surface area contributed by atoms with E-state index in [2.05, 4.69) is 43.5 Å². The fraction of sp³-hybridized carbons (Fsp3) is 0.0769. The van der Waals surface area contributed by atoms with Crippen LogP contribution in [0.3, 0.4) is 0 Å². The predicted octanol–water partition coefficient (Wildman–Crippen LogP) is 4.25. The molecule has 0 aliphatic heterocycles. The fourth-order valence-corrected chi connectivity index (χ4v) is 2.49. The lowest BCUT2D eigenvalue weighted by molar-refractivity contribution is 0.0694. The molecule has 1 N–H and O–H groups in total. The van der Waals surface area contributed by atoms with Crippen molar-refractivity contribution in [3.05, 3.63) is 49.6 Å². The maximum atomic E-state index is 11.2. The third-order valence-electron chi connectivity index (χ3n) is 2.32. The second kappa shape index (κ2) is 5.87. The van der Waals surface area contributed by atoms with E-state index >= 15 is 0 Å². The molecule has 0 unspecified atom stereocenters. The molecule has 0 bridgehead atoms. The molecule has 0 fully saturated rings. The van der Waals surface area contributed by atoms with Crippen molar-refractivity contribution in [3.8, 4) is 11.6 Å². The van der Waals surface area contributed by atoms with Gasteiger partial charge in [0.25, 0.3) is 0 Å². The van der Waals surface area contributed by atoms with E-state index in [0.29, 0.717) is 10.4 Å². The summed E-state index contributed by atoms with van der Waals surface area (Å²) in [6, 6.07) is 6.82. The van der Waals surface area contributed by atoms with Crippen molar-refractivity contribution >= 4 is 44.5 Å². The Bertz CT molecular complexity index is 646. The van der Waals surface area contributed by atoms with Crippen LogP contribution >= 0.6 is 38.5 Å². The van der Waals surface area contributed by atoms with Crippen LogP contribution < -0.4 is 4.74 Å². The van der Waals surface area contributed by atoms with E-state index in [1.54, 1.807) is 24.4 Å². The van der Waals surface area contributed by atoms with Crippen LogP contribution in [0.1, 0.15) is 15.9 Å². The van der Waals surface area contributed by atoms with Gasteiger partial charge in [0.15, 0.2) is 0 Å². The molecule has 0 aliphatic rings. The molecule has 1 aromatic carbocycles. The standard InChI is InChI=1S/C13H9BrINO3/c1-7-4-10(14)12(16-6-7)19-11-3-2-8(15)5-9(11)13(17)18/h2-6H,1H3,(H,17,18). The molecule has 0 saturated carbocycles. The highest BCUT2D eigenvalue weighted by Gasteiger charge is 2.14. The highest BCUT2D eigenvalue weighted by molar-refractivity contribution is 14.1. The van der Waals surface area contributed by atoms with Gasteiger partial charge in [0, 0.05) is 9.77 Å². The van der Waals surface area contributed by atoms with Gasteiger partial charge >= 0.3 is 5.97 Å². The molecule has 0 spiro atoms. The normalized spacial score (nSPS) is 10.3. The Morgan fingerprint density at radius 3 is 2.79 bits per heavy atom. The SMILES string of the molecule is Cc1cnc(Oc2ccc(I)cc2C(=O)O)c(Br)c1. The fourth-order valence-electron chi connectivity index (χ4n) is 1.46. The number of pyridine rings is 1. The van der Waals surface area contributed by atoms with Crippen LogP contribution in [0.2, 0.25) is 0 Å². The van der Waals surface area contributed by atoms with E-state index < -0.39 is 5.97 Å². The molecule has 2 aromatic rings. The Morgan fingerprint density at radius 2 is 2.16 bits per heavy atom. The summed E-state index contributed by atoms with van der Waals surface area (Å²) in [5.41, 5.74) is 1.10. The number of aromatic carboxylic acids is 1. The quantitative estimate of drug-likeness (QED) is 0.735. The Kier molecular flexibility index (Phi) is 4.41. The van der Waals surface area contributed by atoms with Gasteiger partial charge in [0.2, 0.25) is 5.88 Å². The van der Waals surface area contributed by atoms with Crippen molar-refractivity contribution in [2.24, 2.45) is 0 Å². The first-order valence-electron chi connectivity index (χ1n) is 5.30. The van der Waals surface area contributed by atoms with Crippen LogP contribution in [0.5, 0.6) is 11.6 Å². The summed E-state index contributed by atoms with van der Waals surface area (Å²) in [5, 5.41) is 9.17. The highest BCUT2D eigenvalue weighted by atomic mass is 127. The predicted molar refractivity (Wildman–Crippen MR) is 82.9 cm³/mol. The zero-order chi connectivity index (χ0) is 14.0. The summed E-state index contributed by atoms with van der Waals surface area (Å²) < 4.78 is 7.08. The van der Waals surface area contributed by atoms with Gasteiger partial charge in [-0.15, -0.1) is 0 Å². The Labute approximate surface area is 132 Å². The number of hydrogen-bond acceptors (Lipinski definition) is 3. The second-order valence-corrected chi connectivity index (χ2v) is 5.95. The summed E-state index contributed by atoms with van der Waals surface area (Å²) in [6.07, 6.45) is 1.66. The first-order chi connectivity index (χ1) is 8.97. The Morgan fingerprint density at radius 1 is 1.42 bits per heavy atom. The summed E-state index contributed by atoms with van der Waals surface area (Å²) >= 11 is 5.40. The van der Waals surface area contributed by atoms with Crippen LogP contribution in [0, 0.1) is 10.5 Å². The van der Waals surface area contributed by atoms with Crippen molar-refractivity contribution in [1.82, 2.24) is 4.98 Å². The van der Waals surface area contributed by atoms with Crippen LogP contribution in [-0.2, 0) is 0 Å². The van der Waals surface area contributed by atoms with E-state index in [-0.39, 0.29) is 11.3 Å². The Hall–Kier alpha value is -1.15. The number of aromatic nitrogens is 1. The maximum absolute atomic E-state index is 11.2. The number of carboxylic acids is 1. The lowest BCUT2D eigenvalue weighted by Crippen LogP contribution is -2.01. The number of carbonyl (C=O) groups is 1. The average molecular weight is 434 g/mol. The minimum atomic E-state index is -1.03. The number of hydrogen-bond donors (Lipinski definition) is 1. The van der Waals surface area contributed by atoms with Crippen molar-refractivity contribution < 1.29 is 14.6 Å². The zero-order valence-corrected chi connectivity index (χ0v) is 13.6. The van der Waals surface area contributed by atoms with Crippen LogP contribution in [-0.4, -0.2) is 16.1 Å². The number of carboxylic acid groups (broad SMARTS) is 1. The highest BCUT2D eigenvalue weighted by Crippen LogP contribution is 2.30. The molecular weight excluding hydrogens is 425 g/mol. The summed E-state index contributed by atoms with van der Waals surface area (Å²) in [5.74, 6) is -0.420. The van der Waals surface area contributed by atoms with Gasteiger partial charge in [-0.2, -0.15) is 0 Å². The average Bonchev–Trinajstić information content (AvgIpc) is 2.34. The van der Waals surface area contributed by atoms with Gasteiger partial charge in [-0.3, -0.25) is 0 Å². The minimum absolute atomic E-state index is 0.112. The van der Waals surface area contributed by atoms with E-state index in [9.17, 15) is 4.79 Å². The summed E-state index contributed by atoms with van der Waals surface area (Å²) in [4.78, 5) is 15.3. The number of benzene rings is 1. The topological polar surface area (TPSA) is 59.4 Å². The van der Waals surface area contributed by atoms with Crippen LogP contribution in [0.4, 0.5) is 0 Å². The molecular formula is C13H9BrINO3. The van der Waals surface area contributed by atoms with Crippen LogP contribution in [0.15, 0.2) is 34.9 Å². The van der Waals surface area contributed by atoms with Gasteiger partial charge in [0.1, 0.15) is 11.3 Å². The molecule has 4 nitrogen and oxygen atoms in total. The smallest absolute Gasteiger partial charge is 0.339 e. The second-order valence-electron chi connectivity index (χ2n) is 3.85. The third kappa shape index (κ3) is 3.44. The van der Waals surface area contributed by atoms with E-state index in [0.717, 1.165) is 9.13 Å². The van der Waals surface area contributed by atoms with Gasteiger partial charge in [0.05, 0.1) is 4.47 Å². The monoisotopic (exact) mass is 433 g/mol. The van der Waals surface area contributed by atoms with Gasteiger partial charge in [-0.25, -0.2) is 9.78 Å². The van der Waals surface area contributed by atoms with Crippen molar-refractivity contribution in [1.29, 1.82) is 0 Å². The number of aryl methyl sites for hydroxylation is 1. The molecule has 6 heteroatoms. The number of nitrogens with zero attached hydrogens (tertiary/aromatic N) is 1. The van der Waals surface area contributed by atoms with E-state index in [1.165, 1.54) is 0 Å². The molecule has 0 atom stereocenters. The van der Waals surface area contributed by atoms with Crippen molar-refractivity contribution in [2.75, 3.05) is 0 Å². The number of ether oxygens (including phenoxy) is 1. The lowest BCUT2D eigenvalue weighted by Gasteiger charge is -2.10. The van der Waals surface area contributed by atoms with Crippen molar-refractivity contribution in [3.63, 3.8) is 0 Å². The molecule has 0 radical (unpaired) electrons. The molecule has 0 saturated heterocycles. The summed E-state index contributed by atoms with van der Waals surface area (Å²) in [6.45, 7) is 1.91. The largest absolute Gasteiger partial charge is 0.478 e. The van der Waals surface area contributed by atoms with Gasteiger partial charge < -0.3 is 9.84 Å². The van der Waals surface area contributed by atoms with Gasteiger partial charge in [-0.05, 0) is 75.3 Å². The van der Waals surface area contributed by atoms with Crippen molar-refractivity contribution in [2.45, 2.75) is 6.92 Å². The van der Waals surface area contributed by atoms with Crippen LogP contribution in [0.25, 0.3) is 0 Å². The molecule has 0 amide bonds. The third-order valence-corrected chi connectivity index (χ3v) is 3.56. The zero-order valence-electron chi connectivity index (χ0n) is 9.85. The number of rotatable bonds is 3. The molecule has 19 heavy (non-hydrogen) atoms. The molecule has 0 aliphatic carbocycles. The molecule has 98 valence electrons. The summed E-state index contributed by atoms with van der Waals surface area (Å²) in [7, 11) is 0. The maximum Gasteiger partial charge on any atom is 0.339 e. The molecule has 1 aromatic heterocycles. The lowest BCUT2D eigenvalue weighted by atomic mass is 10.2. The first kappa shape index (κ1) is 14.3. The number of halogens is 2. The minimum Gasteiger partial charge on any atom is -0.478 e. The Balaban J connectivity index is 2.40. The molecule has 1 heterocycles. The van der Waals surface area contributed by atoms with Gasteiger partial charge in [-0.1, -0.05) is 0 Å². The van der Waals surface area contributed by atoms with E-state index in [1.807, 2.05) is 13.0 Å². The first-order valence-corrected chi connectivity index (χ1v) is 7.17. The van der Waals surface area contributed by atoms with E-state index in [4.69, 9.17) is 9.84 Å². The molecule has 2 rings (SSSR count).